The fraction of sp³-hybridized carbons (Fsp3) is 0.727. The fourth-order valence-corrected chi connectivity index (χ4v) is 4.57. The van der Waals surface area contributed by atoms with E-state index < -0.39 is 9.84 Å². The lowest BCUT2D eigenvalue weighted by Gasteiger charge is -2.19. The van der Waals surface area contributed by atoms with Crippen LogP contribution < -0.4 is 0 Å². The molecule has 0 aliphatic carbocycles. The summed E-state index contributed by atoms with van der Waals surface area (Å²) in [6.07, 6.45) is 3.18. The maximum atomic E-state index is 11.3. The Morgan fingerprint density at radius 1 is 1.53 bits per heavy atom. The van der Waals surface area contributed by atoms with Crippen LogP contribution in [0.4, 0.5) is 0 Å². The number of hydrogen-bond acceptors (Lipinski definition) is 5. The molecule has 1 atom stereocenters. The lowest BCUT2D eigenvalue weighted by atomic mass is 10.0. The van der Waals surface area contributed by atoms with Crippen molar-refractivity contribution in [3.63, 3.8) is 0 Å². The molecule has 1 N–H and O–H groups in total. The first kappa shape index (κ1) is 13.0. The Labute approximate surface area is 106 Å². The van der Waals surface area contributed by atoms with Crippen LogP contribution in [0.1, 0.15) is 41.5 Å². The molecule has 0 spiro atoms. The van der Waals surface area contributed by atoms with Crippen LogP contribution in [-0.4, -0.2) is 36.6 Å². The second kappa shape index (κ2) is 5.04. The molecule has 0 amide bonds. The Kier molecular flexibility index (Phi) is 3.85. The van der Waals surface area contributed by atoms with E-state index in [0.717, 1.165) is 9.88 Å². The van der Waals surface area contributed by atoms with E-state index in [9.17, 15) is 8.42 Å². The molecule has 0 aromatic carbocycles. The molecule has 0 radical (unpaired) electrons. The molecule has 0 saturated carbocycles. The van der Waals surface area contributed by atoms with Gasteiger partial charge in [0.1, 0.15) is 9.84 Å². The smallest absolute Gasteiger partial charge is 0.150 e. The number of nitrogens with zero attached hydrogens (tertiary/aromatic N) is 1. The van der Waals surface area contributed by atoms with Crippen molar-refractivity contribution >= 4 is 21.2 Å². The average molecular weight is 275 g/mol. The van der Waals surface area contributed by atoms with Crippen molar-refractivity contribution in [2.45, 2.75) is 31.6 Å². The zero-order valence-corrected chi connectivity index (χ0v) is 11.4. The first-order chi connectivity index (χ1) is 8.02. The fourth-order valence-electron chi connectivity index (χ4n) is 1.94. The summed E-state index contributed by atoms with van der Waals surface area (Å²) < 4.78 is 22.7. The summed E-state index contributed by atoms with van der Waals surface area (Å²) in [5, 5.41) is 10.1. The zero-order chi connectivity index (χ0) is 12.5. The second-order valence-electron chi connectivity index (χ2n) is 4.61. The molecule has 6 heteroatoms. The van der Waals surface area contributed by atoms with Crippen LogP contribution in [0.25, 0.3) is 0 Å². The minimum atomic E-state index is -2.80. The number of aliphatic hydroxyl groups is 1. The highest BCUT2D eigenvalue weighted by atomic mass is 32.2. The molecule has 1 aliphatic heterocycles. The van der Waals surface area contributed by atoms with Crippen LogP contribution in [0.5, 0.6) is 0 Å². The van der Waals surface area contributed by atoms with Gasteiger partial charge in [-0.15, -0.1) is 11.3 Å². The van der Waals surface area contributed by atoms with Crippen molar-refractivity contribution < 1.29 is 13.5 Å². The molecule has 1 aromatic heterocycles. The quantitative estimate of drug-likeness (QED) is 0.908. The Morgan fingerprint density at radius 2 is 2.18 bits per heavy atom. The van der Waals surface area contributed by atoms with Gasteiger partial charge in [-0.2, -0.15) is 0 Å². The van der Waals surface area contributed by atoms with E-state index in [1.165, 1.54) is 0 Å². The van der Waals surface area contributed by atoms with Gasteiger partial charge in [0.05, 0.1) is 23.1 Å². The molecule has 0 bridgehead atoms. The normalized spacial score (nSPS) is 22.5. The van der Waals surface area contributed by atoms with E-state index in [0.29, 0.717) is 12.8 Å². The largest absolute Gasteiger partial charge is 0.396 e. The molecule has 1 aliphatic rings. The van der Waals surface area contributed by atoms with Gasteiger partial charge < -0.3 is 5.11 Å². The molecule has 1 aromatic rings. The molecule has 96 valence electrons. The topological polar surface area (TPSA) is 67.3 Å². The van der Waals surface area contributed by atoms with Gasteiger partial charge in [0.2, 0.25) is 0 Å². The monoisotopic (exact) mass is 275 g/mol. The first-order valence-electron chi connectivity index (χ1n) is 5.79. The summed E-state index contributed by atoms with van der Waals surface area (Å²) in [7, 11) is -2.80. The van der Waals surface area contributed by atoms with Crippen molar-refractivity contribution in [3.8, 4) is 0 Å². The number of aliphatic hydroxyl groups excluding tert-OH is 1. The third-order valence-electron chi connectivity index (χ3n) is 3.20. The molecule has 17 heavy (non-hydrogen) atoms. The highest BCUT2D eigenvalue weighted by Gasteiger charge is 2.26. The van der Waals surface area contributed by atoms with Crippen LogP contribution in [0.15, 0.2) is 6.20 Å². The Bertz CT molecular complexity index is 467. The summed E-state index contributed by atoms with van der Waals surface area (Å²) >= 11 is 1.61. The van der Waals surface area contributed by atoms with Crippen molar-refractivity contribution in [1.29, 1.82) is 0 Å². The SMILES string of the molecule is CC(CO)c1cnc(C2CCS(=O)(=O)CC2)s1. The van der Waals surface area contributed by atoms with Gasteiger partial charge >= 0.3 is 0 Å². The minimum Gasteiger partial charge on any atom is -0.396 e. The standard InChI is InChI=1S/C11H17NO3S2/c1-8(7-13)10-6-12-11(16-10)9-2-4-17(14,15)5-3-9/h6,8-9,13H,2-5,7H2,1H3. The van der Waals surface area contributed by atoms with Gasteiger partial charge in [0.15, 0.2) is 0 Å². The molecular weight excluding hydrogens is 258 g/mol. The van der Waals surface area contributed by atoms with Crippen molar-refractivity contribution in [2.24, 2.45) is 0 Å². The number of rotatable bonds is 3. The van der Waals surface area contributed by atoms with Crippen LogP contribution >= 0.6 is 11.3 Å². The molecule has 1 fully saturated rings. The maximum absolute atomic E-state index is 11.3. The van der Waals surface area contributed by atoms with Gasteiger partial charge in [0, 0.05) is 22.9 Å². The second-order valence-corrected chi connectivity index (χ2v) is 8.01. The molecular formula is C11H17NO3S2. The summed E-state index contributed by atoms with van der Waals surface area (Å²) in [6.45, 7) is 2.09. The maximum Gasteiger partial charge on any atom is 0.150 e. The minimum absolute atomic E-state index is 0.119. The number of aromatic nitrogens is 1. The third kappa shape index (κ3) is 3.05. The van der Waals surface area contributed by atoms with E-state index in [4.69, 9.17) is 5.11 Å². The van der Waals surface area contributed by atoms with E-state index in [1.807, 2.05) is 13.1 Å². The van der Waals surface area contributed by atoms with E-state index in [1.54, 1.807) is 11.3 Å². The van der Waals surface area contributed by atoms with Crippen LogP contribution in [0.2, 0.25) is 0 Å². The lowest BCUT2D eigenvalue weighted by Crippen LogP contribution is -2.21. The summed E-state index contributed by atoms with van der Waals surface area (Å²) in [6, 6.07) is 0. The van der Waals surface area contributed by atoms with E-state index in [-0.39, 0.29) is 29.9 Å². The van der Waals surface area contributed by atoms with Gasteiger partial charge in [-0.05, 0) is 12.8 Å². The number of hydrogen-bond donors (Lipinski definition) is 1. The highest BCUT2D eigenvalue weighted by Crippen LogP contribution is 2.33. The predicted octanol–water partition coefficient (Wildman–Crippen LogP) is 1.53. The Morgan fingerprint density at radius 3 is 2.76 bits per heavy atom. The van der Waals surface area contributed by atoms with Crippen LogP contribution in [-0.2, 0) is 9.84 Å². The molecule has 1 unspecified atom stereocenters. The number of thiazole rings is 1. The van der Waals surface area contributed by atoms with Crippen molar-refractivity contribution in [1.82, 2.24) is 4.98 Å². The van der Waals surface area contributed by atoms with Crippen molar-refractivity contribution in [3.05, 3.63) is 16.1 Å². The lowest BCUT2D eigenvalue weighted by molar-refractivity contribution is 0.274. The molecule has 4 nitrogen and oxygen atoms in total. The molecule has 1 saturated heterocycles. The molecule has 2 heterocycles. The zero-order valence-electron chi connectivity index (χ0n) is 9.80. The van der Waals surface area contributed by atoms with E-state index >= 15 is 0 Å². The number of sulfone groups is 1. The van der Waals surface area contributed by atoms with E-state index in [2.05, 4.69) is 4.98 Å². The van der Waals surface area contributed by atoms with Gasteiger partial charge in [0.25, 0.3) is 0 Å². The van der Waals surface area contributed by atoms with Gasteiger partial charge in [-0.3, -0.25) is 0 Å². The average Bonchev–Trinajstić information content (AvgIpc) is 2.77. The Hall–Kier alpha value is -0.460. The van der Waals surface area contributed by atoms with Gasteiger partial charge in [-0.25, -0.2) is 13.4 Å². The predicted molar refractivity (Wildman–Crippen MR) is 68.2 cm³/mol. The van der Waals surface area contributed by atoms with Crippen LogP contribution in [0, 0.1) is 0 Å². The molecule has 2 rings (SSSR count). The highest BCUT2D eigenvalue weighted by molar-refractivity contribution is 7.91. The van der Waals surface area contributed by atoms with Crippen LogP contribution in [0.3, 0.4) is 0 Å². The third-order valence-corrected chi connectivity index (χ3v) is 6.31. The summed E-state index contributed by atoms with van der Waals surface area (Å²) in [4.78, 5) is 5.45. The van der Waals surface area contributed by atoms with Crippen molar-refractivity contribution in [2.75, 3.05) is 18.1 Å². The summed E-state index contributed by atoms with van der Waals surface area (Å²) in [5.41, 5.74) is 0. The summed E-state index contributed by atoms with van der Waals surface area (Å²) in [5.74, 6) is 0.960. The Balaban J connectivity index is 2.06. The first-order valence-corrected chi connectivity index (χ1v) is 8.42. The van der Waals surface area contributed by atoms with Gasteiger partial charge in [-0.1, -0.05) is 6.92 Å².